The first-order chi connectivity index (χ1) is 8.13. The minimum atomic E-state index is -0.532. The summed E-state index contributed by atoms with van der Waals surface area (Å²) in [5.74, 6) is -0.311. The van der Waals surface area contributed by atoms with Crippen LogP contribution in [0.4, 0.5) is 0 Å². The smallest absolute Gasteiger partial charge is 0.255 e. The number of nitrogens with zero attached hydrogens (tertiary/aromatic N) is 3. The Hall–Kier alpha value is -1.71. The van der Waals surface area contributed by atoms with Crippen molar-refractivity contribution in [1.29, 1.82) is 0 Å². The summed E-state index contributed by atoms with van der Waals surface area (Å²) >= 11 is 1.31. The molecular weight excluding hydrogens is 234 g/mol. The van der Waals surface area contributed by atoms with Gasteiger partial charge in [-0.25, -0.2) is 0 Å². The minimum absolute atomic E-state index is 0.221. The van der Waals surface area contributed by atoms with Crippen molar-refractivity contribution in [2.45, 2.75) is 18.7 Å². The van der Waals surface area contributed by atoms with Crippen LogP contribution < -0.4 is 0 Å². The van der Waals surface area contributed by atoms with Crippen molar-refractivity contribution in [2.24, 2.45) is 11.0 Å². The Morgan fingerprint density at radius 1 is 1.41 bits per heavy atom. The molecule has 0 aliphatic carbocycles. The van der Waals surface area contributed by atoms with Gasteiger partial charge in [-0.2, -0.15) is 0 Å². The minimum Gasteiger partial charge on any atom is -0.286 e. The molecule has 0 aromatic heterocycles. The SMILES string of the molecule is CC(C)C=C(Sc1ccccc1)C(=O)N=[N+]=[N-]. The van der Waals surface area contributed by atoms with Gasteiger partial charge in [0.25, 0.3) is 5.91 Å². The van der Waals surface area contributed by atoms with E-state index in [4.69, 9.17) is 5.53 Å². The molecule has 17 heavy (non-hydrogen) atoms. The van der Waals surface area contributed by atoms with Crippen molar-refractivity contribution in [3.05, 3.63) is 51.8 Å². The van der Waals surface area contributed by atoms with Gasteiger partial charge in [0, 0.05) is 9.81 Å². The monoisotopic (exact) mass is 247 g/mol. The van der Waals surface area contributed by atoms with Crippen LogP contribution in [0.25, 0.3) is 10.4 Å². The van der Waals surface area contributed by atoms with Crippen molar-refractivity contribution >= 4 is 17.7 Å². The van der Waals surface area contributed by atoms with Crippen LogP contribution in [-0.4, -0.2) is 5.91 Å². The van der Waals surface area contributed by atoms with E-state index in [9.17, 15) is 4.79 Å². The van der Waals surface area contributed by atoms with E-state index < -0.39 is 5.91 Å². The highest BCUT2D eigenvalue weighted by atomic mass is 32.2. The molecule has 1 aromatic carbocycles. The third-order valence-electron chi connectivity index (χ3n) is 1.80. The zero-order valence-corrected chi connectivity index (χ0v) is 10.5. The van der Waals surface area contributed by atoms with Crippen LogP contribution in [0, 0.1) is 5.92 Å². The Morgan fingerprint density at radius 3 is 2.59 bits per heavy atom. The molecule has 0 unspecified atom stereocenters. The van der Waals surface area contributed by atoms with Gasteiger partial charge in [-0.3, -0.25) is 4.79 Å². The number of azide groups is 1. The zero-order chi connectivity index (χ0) is 12.7. The first kappa shape index (κ1) is 13.4. The first-order valence-electron chi connectivity index (χ1n) is 5.17. The molecule has 1 rings (SSSR count). The Morgan fingerprint density at radius 2 is 2.06 bits per heavy atom. The van der Waals surface area contributed by atoms with E-state index >= 15 is 0 Å². The molecule has 0 aliphatic heterocycles. The number of benzene rings is 1. The molecule has 4 nitrogen and oxygen atoms in total. The highest BCUT2D eigenvalue weighted by Gasteiger charge is 2.10. The lowest BCUT2D eigenvalue weighted by Gasteiger charge is -2.04. The third-order valence-corrected chi connectivity index (χ3v) is 2.84. The molecule has 0 spiro atoms. The Bertz CT molecular complexity index is 462. The molecule has 0 aliphatic rings. The summed E-state index contributed by atoms with van der Waals surface area (Å²) in [5.41, 5.74) is 8.29. The number of carbonyl (C=O) groups excluding carboxylic acids is 1. The standard InChI is InChI=1S/C12H13N3OS/c1-9(2)8-11(12(16)14-15-13)17-10-6-4-3-5-7-10/h3-9H,1-2H3. The molecule has 0 N–H and O–H groups in total. The summed E-state index contributed by atoms with van der Waals surface area (Å²) in [7, 11) is 0. The molecule has 0 heterocycles. The fraction of sp³-hybridized carbons (Fsp3) is 0.250. The predicted octanol–water partition coefficient (Wildman–Crippen LogP) is 4.16. The van der Waals surface area contributed by atoms with Gasteiger partial charge in [-0.1, -0.05) is 49.9 Å². The van der Waals surface area contributed by atoms with Crippen molar-refractivity contribution < 1.29 is 4.79 Å². The molecule has 0 radical (unpaired) electrons. The summed E-state index contributed by atoms with van der Waals surface area (Å²) < 4.78 is 0. The van der Waals surface area contributed by atoms with Crippen LogP contribution in [0.1, 0.15) is 13.8 Å². The normalized spacial score (nSPS) is 11.1. The number of allylic oxidation sites excluding steroid dienone is 1. The number of thioether (sulfide) groups is 1. The summed E-state index contributed by atoms with van der Waals surface area (Å²) in [6.07, 6.45) is 1.80. The second kappa shape index (κ2) is 6.78. The van der Waals surface area contributed by atoms with Crippen LogP contribution in [0.3, 0.4) is 0 Å². The zero-order valence-electron chi connectivity index (χ0n) is 9.70. The highest BCUT2D eigenvalue weighted by molar-refractivity contribution is 8.04. The van der Waals surface area contributed by atoms with E-state index in [0.717, 1.165) is 4.90 Å². The molecular formula is C12H13N3OS. The van der Waals surface area contributed by atoms with Crippen LogP contribution >= 0.6 is 11.8 Å². The number of rotatable bonds is 4. The molecule has 5 heteroatoms. The molecule has 1 amide bonds. The molecule has 0 saturated carbocycles. The predicted molar refractivity (Wildman–Crippen MR) is 69.4 cm³/mol. The van der Waals surface area contributed by atoms with Gasteiger partial charge >= 0.3 is 0 Å². The van der Waals surface area contributed by atoms with Gasteiger partial charge in [-0.05, 0) is 28.7 Å². The van der Waals surface area contributed by atoms with Gasteiger partial charge in [-0.15, -0.1) is 0 Å². The van der Waals surface area contributed by atoms with Crippen molar-refractivity contribution in [3.63, 3.8) is 0 Å². The number of carbonyl (C=O) groups is 1. The van der Waals surface area contributed by atoms with Crippen molar-refractivity contribution in [1.82, 2.24) is 0 Å². The topological polar surface area (TPSA) is 65.8 Å². The fourth-order valence-corrected chi connectivity index (χ4v) is 2.17. The lowest BCUT2D eigenvalue weighted by molar-refractivity contribution is -0.113. The largest absolute Gasteiger partial charge is 0.286 e. The number of hydrogen-bond donors (Lipinski definition) is 0. The second-order valence-electron chi connectivity index (χ2n) is 3.68. The average molecular weight is 247 g/mol. The molecule has 0 atom stereocenters. The van der Waals surface area contributed by atoms with E-state index in [1.807, 2.05) is 44.2 Å². The van der Waals surface area contributed by atoms with E-state index in [1.54, 1.807) is 6.08 Å². The molecule has 0 saturated heterocycles. The molecule has 0 bridgehead atoms. The summed E-state index contributed by atoms with van der Waals surface area (Å²) in [6, 6.07) is 9.51. The van der Waals surface area contributed by atoms with Gasteiger partial charge in [0.2, 0.25) is 0 Å². The lowest BCUT2D eigenvalue weighted by atomic mass is 10.2. The third kappa shape index (κ3) is 4.76. The Kier molecular flexibility index (Phi) is 5.33. The highest BCUT2D eigenvalue weighted by Crippen LogP contribution is 2.28. The van der Waals surface area contributed by atoms with E-state index in [0.29, 0.717) is 4.91 Å². The van der Waals surface area contributed by atoms with Gasteiger partial charge in [0.1, 0.15) is 0 Å². The average Bonchev–Trinajstić information content (AvgIpc) is 2.29. The number of hydrogen-bond acceptors (Lipinski definition) is 2. The van der Waals surface area contributed by atoms with Crippen LogP contribution in [0.5, 0.6) is 0 Å². The molecule has 1 aromatic rings. The first-order valence-corrected chi connectivity index (χ1v) is 5.99. The van der Waals surface area contributed by atoms with Gasteiger partial charge in [0.05, 0.1) is 4.91 Å². The van der Waals surface area contributed by atoms with E-state index in [1.165, 1.54) is 11.8 Å². The van der Waals surface area contributed by atoms with Crippen LogP contribution in [0.2, 0.25) is 0 Å². The van der Waals surface area contributed by atoms with Crippen molar-refractivity contribution in [2.75, 3.05) is 0 Å². The van der Waals surface area contributed by atoms with E-state index in [-0.39, 0.29) is 5.92 Å². The summed E-state index contributed by atoms with van der Waals surface area (Å²) in [6.45, 7) is 3.93. The Balaban J connectivity index is 2.93. The fourth-order valence-electron chi connectivity index (χ4n) is 1.16. The van der Waals surface area contributed by atoms with Crippen molar-refractivity contribution in [3.8, 4) is 0 Å². The maximum absolute atomic E-state index is 11.6. The molecule has 88 valence electrons. The summed E-state index contributed by atoms with van der Waals surface area (Å²) in [5, 5.41) is 3.13. The van der Waals surface area contributed by atoms with Gasteiger partial charge in [0.15, 0.2) is 0 Å². The quantitative estimate of drug-likeness (QED) is 0.263. The Labute approximate surface area is 104 Å². The van der Waals surface area contributed by atoms with Crippen LogP contribution in [-0.2, 0) is 4.79 Å². The number of amides is 1. The maximum Gasteiger partial charge on any atom is 0.255 e. The molecule has 0 fully saturated rings. The van der Waals surface area contributed by atoms with Gasteiger partial charge < -0.3 is 0 Å². The maximum atomic E-state index is 11.6. The van der Waals surface area contributed by atoms with E-state index in [2.05, 4.69) is 10.0 Å². The lowest BCUT2D eigenvalue weighted by Crippen LogP contribution is -1.96. The second-order valence-corrected chi connectivity index (χ2v) is 4.80. The summed E-state index contributed by atoms with van der Waals surface area (Å²) in [4.78, 5) is 15.5. The van der Waals surface area contributed by atoms with Crippen LogP contribution in [0.15, 0.2) is 51.3 Å².